The van der Waals surface area contributed by atoms with Crippen LogP contribution in [0.3, 0.4) is 0 Å². The standard InChI is InChI=1S/C14H18ClNO2S/c1-4-16-8-11(9-19(17,18)10(2)3)13-7-12(15)5-6-14(13)16/h5-8,10H,4,9H2,1-3H3. The van der Waals surface area contributed by atoms with Crippen molar-refractivity contribution in [1.29, 1.82) is 0 Å². The number of hydrogen-bond acceptors (Lipinski definition) is 2. The Hall–Kier alpha value is -1.00. The van der Waals surface area contributed by atoms with Crippen LogP contribution in [0.1, 0.15) is 26.3 Å². The molecule has 3 nitrogen and oxygen atoms in total. The Balaban J connectivity index is 2.58. The first-order valence-corrected chi connectivity index (χ1v) is 8.43. The van der Waals surface area contributed by atoms with Crippen molar-refractivity contribution in [3.05, 3.63) is 35.0 Å². The molecule has 104 valence electrons. The number of halogens is 1. The molecule has 0 fully saturated rings. The minimum absolute atomic E-state index is 0.0640. The van der Waals surface area contributed by atoms with Gasteiger partial charge in [0.2, 0.25) is 0 Å². The van der Waals surface area contributed by atoms with Crippen molar-refractivity contribution in [1.82, 2.24) is 4.57 Å². The Morgan fingerprint density at radius 1 is 1.32 bits per heavy atom. The zero-order valence-corrected chi connectivity index (χ0v) is 12.9. The molecule has 0 aliphatic rings. The molecule has 2 aromatic rings. The summed E-state index contributed by atoms with van der Waals surface area (Å²) in [6, 6.07) is 5.61. The largest absolute Gasteiger partial charge is 0.347 e. The molecule has 0 N–H and O–H groups in total. The number of sulfone groups is 1. The molecule has 2 rings (SSSR count). The molecular weight excluding hydrogens is 282 g/mol. The minimum Gasteiger partial charge on any atom is -0.347 e. The average Bonchev–Trinajstić information content (AvgIpc) is 2.66. The molecule has 0 bridgehead atoms. The molecule has 0 aliphatic heterocycles. The minimum atomic E-state index is -3.11. The zero-order valence-electron chi connectivity index (χ0n) is 11.4. The lowest BCUT2D eigenvalue weighted by Crippen LogP contribution is -2.15. The van der Waals surface area contributed by atoms with Gasteiger partial charge in [0.15, 0.2) is 9.84 Å². The Bertz CT molecular complexity index is 702. The summed E-state index contributed by atoms with van der Waals surface area (Å²) in [6.45, 7) is 6.26. The summed E-state index contributed by atoms with van der Waals surface area (Å²) in [5, 5.41) is 1.19. The molecule has 1 aromatic heterocycles. The maximum atomic E-state index is 12.1. The van der Waals surface area contributed by atoms with Gasteiger partial charge in [0.1, 0.15) is 0 Å². The van der Waals surface area contributed by atoms with Gasteiger partial charge in [0, 0.05) is 28.7 Å². The van der Waals surface area contributed by atoms with Crippen molar-refractivity contribution < 1.29 is 8.42 Å². The zero-order chi connectivity index (χ0) is 14.2. The van der Waals surface area contributed by atoms with Crippen molar-refractivity contribution >= 4 is 32.3 Å². The van der Waals surface area contributed by atoms with Gasteiger partial charge in [0.05, 0.1) is 11.0 Å². The lowest BCUT2D eigenvalue weighted by molar-refractivity contribution is 0.586. The van der Waals surface area contributed by atoms with E-state index in [1.165, 1.54) is 0 Å². The third-order valence-corrected chi connectivity index (χ3v) is 5.73. The van der Waals surface area contributed by atoms with Crippen molar-refractivity contribution in [2.24, 2.45) is 0 Å². The van der Waals surface area contributed by atoms with E-state index in [2.05, 4.69) is 4.57 Å². The fraction of sp³-hybridized carbons (Fsp3) is 0.429. The van der Waals surface area contributed by atoms with Gasteiger partial charge in [-0.2, -0.15) is 0 Å². The molecule has 0 spiro atoms. The van der Waals surface area contributed by atoms with E-state index in [4.69, 9.17) is 11.6 Å². The Kier molecular flexibility index (Phi) is 3.92. The number of aryl methyl sites for hydroxylation is 1. The Morgan fingerprint density at radius 3 is 2.58 bits per heavy atom. The van der Waals surface area contributed by atoms with Crippen molar-refractivity contribution in [3.63, 3.8) is 0 Å². The van der Waals surface area contributed by atoms with Crippen LogP contribution in [0.25, 0.3) is 10.9 Å². The predicted octanol–water partition coefficient (Wildman–Crippen LogP) is 3.64. The van der Waals surface area contributed by atoms with Gasteiger partial charge in [0.25, 0.3) is 0 Å². The van der Waals surface area contributed by atoms with Crippen LogP contribution in [0.15, 0.2) is 24.4 Å². The number of fused-ring (bicyclic) bond motifs is 1. The van der Waals surface area contributed by atoms with E-state index >= 15 is 0 Å². The van der Waals surface area contributed by atoms with Crippen molar-refractivity contribution in [2.45, 2.75) is 38.3 Å². The van der Waals surface area contributed by atoms with Crippen LogP contribution >= 0.6 is 11.6 Å². The first-order valence-electron chi connectivity index (χ1n) is 6.34. The molecule has 5 heteroatoms. The highest BCUT2D eigenvalue weighted by atomic mass is 35.5. The molecule has 0 amide bonds. The first kappa shape index (κ1) is 14.4. The molecule has 19 heavy (non-hydrogen) atoms. The third kappa shape index (κ3) is 2.79. The van der Waals surface area contributed by atoms with Gasteiger partial charge in [-0.3, -0.25) is 0 Å². The van der Waals surface area contributed by atoms with Gasteiger partial charge >= 0.3 is 0 Å². The van der Waals surface area contributed by atoms with E-state index in [0.717, 1.165) is 23.0 Å². The predicted molar refractivity (Wildman–Crippen MR) is 80.4 cm³/mol. The van der Waals surface area contributed by atoms with Gasteiger partial charge in [-0.1, -0.05) is 11.6 Å². The first-order chi connectivity index (χ1) is 8.85. The molecule has 0 radical (unpaired) electrons. The summed E-state index contributed by atoms with van der Waals surface area (Å²) in [5.41, 5.74) is 1.86. The number of nitrogens with zero attached hydrogens (tertiary/aromatic N) is 1. The van der Waals surface area contributed by atoms with E-state index in [1.54, 1.807) is 13.8 Å². The highest BCUT2D eigenvalue weighted by molar-refractivity contribution is 7.91. The SMILES string of the molecule is CCn1cc(CS(=O)(=O)C(C)C)c2cc(Cl)ccc21. The summed E-state index contributed by atoms with van der Waals surface area (Å²) in [5.74, 6) is 0.0640. The quantitative estimate of drug-likeness (QED) is 0.864. The van der Waals surface area contributed by atoms with Gasteiger partial charge in [-0.25, -0.2) is 8.42 Å². The van der Waals surface area contributed by atoms with Gasteiger partial charge < -0.3 is 4.57 Å². The lowest BCUT2D eigenvalue weighted by Gasteiger charge is -2.06. The van der Waals surface area contributed by atoms with E-state index in [-0.39, 0.29) is 11.0 Å². The second-order valence-corrected chi connectivity index (χ2v) is 7.95. The monoisotopic (exact) mass is 299 g/mol. The lowest BCUT2D eigenvalue weighted by atomic mass is 10.2. The summed E-state index contributed by atoms with van der Waals surface area (Å²) in [7, 11) is -3.11. The Labute approximate surface area is 119 Å². The topological polar surface area (TPSA) is 39.1 Å². The summed E-state index contributed by atoms with van der Waals surface area (Å²) in [4.78, 5) is 0. The van der Waals surface area contributed by atoms with E-state index in [9.17, 15) is 8.42 Å². The second-order valence-electron chi connectivity index (χ2n) is 4.96. The Morgan fingerprint density at radius 2 is 2.00 bits per heavy atom. The van der Waals surface area contributed by atoms with Crippen LogP contribution in [-0.4, -0.2) is 18.2 Å². The fourth-order valence-electron chi connectivity index (χ4n) is 2.10. The molecule has 0 saturated carbocycles. The average molecular weight is 300 g/mol. The van der Waals surface area contributed by atoms with E-state index < -0.39 is 9.84 Å². The van der Waals surface area contributed by atoms with E-state index in [0.29, 0.717) is 5.02 Å². The van der Waals surface area contributed by atoms with Crippen LogP contribution in [-0.2, 0) is 22.1 Å². The summed E-state index contributed by atoms with van der Waals surface area (Å²) < 4.78 is 26.2. The maximum Gasteiger partial charge on any atom is 0.156 e. The van der Waals surface area contributed by atoms with Crippen LogP contribution in [0.5, 0.6) is 0 Å². The number of hydrogen-bond donors (Lipinski definition) is 0. The van der Waals surface area contributed by atoms with Crippen LogP contribution in [0.2, 0.25) is 5.02 Å². The van der Waals surface area contributed by atoms with E-state index in [1.807, 2.05) is 31.3 Å². The van der Waals surface area contributed by atoms with Crippen LogP contribution < -0.4 is 0 Å². The smallest absolute Gasteiger partial charge is 0.156 e. The molecule has 0 atom stereocenters. The number of benzene rings is 1. The maximum absolute atomic E-state index is 12.1. The summed E-state index contributed by atoms with van der Waals surface area (Å²) >= 11 is 6.02. The highest BCUT2D eigenvalue weighted by Crippen LogP contribution is 2.27. The van der Waals surface area contributed by atoms with Gasteiger partial charge in [-0.15, -0.1) is 0 Å². The van der Waals surface area contributed by atoms with Crippen LogP contribution in [0, 0.1) is 0 Å². The van der Waals surface area contributed by atoms with Crippen molar-refractivity contribution in [3.8, 4) is 0 Å². The molecule has 0 saturated heterocycles. The van der Waals surface area contributed by atoms with Gasteiger partial charge in [-0.05, 0) is 44.5 Å². The fourth-order valence-corrected chi connectivity index (χ4v) is 3.27. The molecule has 1 aromatic carbocycles. The second kappa shape index (κ2) is 5.17. The van der Waals surface area contributed by atoms with Crippen LogP contribution in [0.4, 0.5) is 0 Å². The number of rotatable bonds is 4. The molecule has 0 unspecified atom stereocenters. The summed E-state index contributed by atoms with van der Waals surface area (Å²) in [6.07, 6.45) is 1.92. The normalized spacial score (nSPS) is 12.5. The molecule has 0 aliphatic carbocycles. The molecule has 1 heterocycles. The number of aromatic nitrogens is 1. The highest BCUT2D eigenvalue weighted by Gasteiger charge is 2.20. The van der Waals surface area contributed by atoms with Crippen molar-refractivity contribution in [2.75, 3.05) is 0 Å². The molecular formula is C14H18ClNO2S. The third-order valence-electron chi connectivity index (χ3n) is 3.34.